The van der Waals surface area contributed by atoms with Crippen molar-refractivity contribution in [3.63, 3.8) is 0 Å². The Kier molecular flexibility index (Phi) is 4.53. The zero-order valence-electron chi connectivity index (χ0n) is 13.5. The number of nitrogens with one attached hydrogen (secondary N) is 2. The molecule has 0 fully saturated rings. The number of hydrogen-bond donors (Lipinski definition) is 3. The predicted octanol–water partition coefficient (Wildman–Crippen LogP) is 4.82. The number of halogens is 1. The molecule has 0 aliphatic rings. The Bertz CT molecular complexity index is 879. The second kappa shape index (κ2) is 6.76. The maximum atomic E-state index is 6.20. The van der Waals surface area contributed by atoms with Gasteiger partial charge in [-0.15, -0.1) is 0 Å². The second-order valence-electron chi connectivity index (χ2n) is 5.57. The Morgan fingerprint density at radius 3 is 2.21 bits per heavy atom. The van der Waals surface area contributed by atoms with Gasteiger partial charge in [0.15, 0.2) is 11.6 Å². The number of benzene rings is 2. The molecule has 4 N–H and O–H groups in total. The van der Waals surface area contributed by atoms with Gasteiger partial charge in [0.25, 0.3) is 0 Å². The van der Waals surface area contributed by atoms with E-state index in [0.717, 1.165) is 22.5 Å². The average molecular weight is 340 g/mol. The zero-order valence-corrected chi connectivity index (χ0v) is 14.2. The van der Waals surface area contributed by atoms with E-state index in [1.54, 1.807) is 0 Å². The first-order valence-corrected chi connectivity index (χ1v) is 7.88. The number of aromatic nitrogens is 2. The molecule has 0 spiro atoms. The summed E-state index contributed by atoms with van der Waals surface area (Å²) in [5.41, 5.74) is 10.5. The fourth-order valence-corrected chi connectivity index (χ4v) is 2.44. The quantitative estimate of drug-likeness (QED) is 0.635. The number of nitrogens with two attached hydrogens (primary N) is 1. The van der Waals surface area contributed by atoms with Crippen molar-refractivity contribution in [3.8, 4) is 0 Å². The number of nitrogen functional groups attached to an aromatic ring is 1. The van der Waals surface area contributed by atoms with E-state index in [2.05, 4.69) is 20.6 Å². The van der Waals surface area contributed by atoms with Crippen molar-refractivity contribution in [1.29, 1.82) is 0 Å². The maximum Gasteiger partial charge on any atom is 0.159 e. The lowest BCUT2D eigenvalue weighted by atomic mass is 10.2. The molecule has 0 saturated heterocycles. The molecule has 24 heavy (non-hydrogen) atoms. The molecule has 0 aliphatic carbocycles. The summed E-state index contributed by atoms with van der Waals surface area (Å²) in [5, 5.41) is 7.08. The molecule has 0 unspecified atom stereocenters. The van der Waals surface area contributed by atoms with Crippen LogP contribution in [0, 0.1) is 13.8 Å². The van der Waals surface area contributed by atoms with Crippen LogP contribution in [-0.4, -0.2) is 9.97 Å². The van der Waals surface area contributed by atoms with Crippen molar-refractivity contribution in [2.24, 2.45) is 0 Å². The number of rotatable bonds is 4. The molecule has 122 valence electrons. The first-order chi connectivity index (χ1) is 11.5. The lowest BCUT2D eigenvalue weighted by molar-refractivity contribution is 1.17. The van der Waals surface area contributed by atoms with Gasteiger partial charge in [0.2, 0.25) is 0 Å². The third kappa shape index (κ3) is 3.58. The van der Waals surface area contributed by atoms with Crippen LogP contribution in [0.3, 0.4) is 0 Å². The molecular formula is C18H18ClN5. The van der Waals surface area contributed by atoms with Gasteiger partial charge in [0.05, 0.1) is 0 Å². The van der Waals surface area contributed by atoms with Crippen molar-refractivity contribution < 1.29 is 0 Å². The fraction of sp³-hybridized carbons (Fsp3) is 0.111. The highest BCUT2D eigenvalue weighted by molar-refractivity contribution is 6.31. The molecule has 0 bridgehead atoms. The van der Waals surface area contributed by atoms with E-state index in [0.29, 0.717) is 22.3 Å². The smallest absolute Gasteiger partial charge is 0.159 e. The van der Waals surface area contributed by atoms with Crippen molar-refractivity contribution in [1.82, 2.24) is 9.97 Å². The van der Waals surface area contributed by atoms with E-state index in [1.165, 1.54) is 6.33 Å². The molecule has 0 amide bonds. The average Bonchev–Trinajstić information content (AvgIpc) is 2.55. The molecule has 0 radical (unpaired) electrons. The van der Waals surface area contributed by atoms with Gasteiger partial charge in [-0.05, 0) is 49.2 Å². The monoisotopic (exact) mass is 339 g/mol. The molecule has 1 aromatic heterocycles. The standard InChI is InChI=1S/C18H18ClN5/c1-11-4-3-5-13(8-11)23-17-16(20)18(22-10-21-17)24-14-7-6-12(2)15(19)9-14/h3-10H,20H2,1-2H3,(H2,21,22,23,24). The summed E-state index contributed by atoms with van der Waals surface area (Å²) >= 11 is 6.16. The Balaban J connectivity index is 1.86. The third-order valence-corrected chi connectivity index (χ3v) is 4.01. The van der Waals surface area contributed by atoms with Crippen LogP contribution in [0.1, 0.15) is 11.1 Å². The van der Waals surface area contributed by atoms with Crippen LogP contribution >= 0.6 is 11.6 Å². The lowest BCUT2D eigenvalue weighted by Gasteiger charge is -2.13. The fourth-order valence-electron chi connectivity index (χ4n) is 2.26. The van der Waals surface area contributed by atoms with E-state index in [1.807, 2.05) is 56.3 Å². The summed E-state index contributed by atoms with van der Waals surface area (Å²) in [5.74, 6) is 1.08. The highest BCUT2D eigenvalue weighted by Gasteiger charge is 2.09. The first kappa shape index (κ1) is 16.1. The molecule has 2 aromatic carbocycles. The van der Waals surface area contributed by atoms with E-state index >= 15 is 0 Å². The minimum Gasteiger partial charge on any atom is -0.393 e. The highest BCUT2D eigenvalue weighted by atomic mass is 35.5. The summed E-state index contributed by atoms with van der Waals surface area (Å²) in [6.07, 6.45) is 1.46. The normalized spacial score (nSPS) is 10.5. The molecule has 0 atom stereocenters. The minimum absolute atomic E-state index is 0.440. The van der Waals surface area contributed by atoms with Gasteiger partial charge in [-0.2, -0.15) is 0 Å². The Hall–Kier alpha value is -2.79. The second-order valence-corrected chi connectivity index (χ2v) is 5.98. The topological polar surface area (TPSA) is 75.9 Å². The van der Waals surface area contributed by atoms with Gasteiger partial charge >= 0.3 is 0 Å². The molecule has 5 nitrogen and oxygen atoms in total. The molecule has 3 rings (SSSR count). The van der Waals surface area contributed by atoms with Crippen molar-refractivity contribution in [2.75, 3.05) is 16.4 Å². The van der Waals surface area contributed by atoms with Crippen LogP contribution in [0.15, 0.2) is 48.8 Å². The zero-order chi connectivity index (χ0) is 17.1. The third-order valence-electron chi connectivity index (χ3n) is 3.60. The Morgan fingerprint density at radius 1 is 0.917 bits per heavy atom. The molecule has 0 saturated carbocycles. The molecule has 1 heterocycles. The molecule has 3 aromatic rings. The SMILES string of the molecule is Cc1cccc(Nc2ncnc(Nc3ccc(C)c(Cl)c3)c2N)c1. The first-order valence-electron chi connectivity index (χ1n) is 7.50. The maximum absolute atomic E-state index is 6.20. The van der Waals surface area contributed by atoms with E-state index in [9.17, 15) is 0 Å². The van der Waals surface area contributed by atoms with Gasteiger partial charge in [-0.25, -0.2) is 9.97 Å². The summed E-state index contributed by atoms with van der Waals surface area (Å²) in [7, 11) is 0. The van der Waals surface area contributed by atoms with Crippen LogP contribution in [0.2, 0.25) is 5.02 Å². The number of anilines is 5. The molecular weight excluding hydrogens is 322 g/mol. The summed E-state index contributed by atoms with van der Waals surface area (Å²) < 4.78 is 0. The van der Waals surface area contributed by atoms with E-state index in [-0.39, 0.29) is 0 Å². The van der Waals surface area contributed by atoms with E-state index in [4.69, 9.17) is 17.3 Å². The largest absolute Gasteiger partial charge is 0.393 e. The minimum atomic E-state index is 0.440. The van der Waals surface area contributed by atoms with Crippen molar-refractivity contribution in [3.05, 3.63) is 64.9 Å². The van der Waals surface area contributed by atoms with Gasteiger partial charge in [-0.3, -0.25) is 0 Å². The van der Waals surface area contributed by atoms with E-state index < -0.39 is 0 Å². The number of nitrogens with zero attached hydrogens (tertiary/aromatic N) is 2. The Morgan fingerprint density at radius 2 is 1.58 bits per heavy atom. The number of hydrogen-bond acceptors (Lipinski definition) is 5. The van der Waals surface area contributed by atoms with Crippen LogP contribution in [0.25, 0.3) is 0 Å². The van der Waals surface area contributed by atoms with Crippen LogP contribution < -0.4 is 16.4 Å². The van der Waals surface area contributed by atoms with Crippen LogP contribution in [0.4, 0.5) is 28.7 Å². The molecule has 6 heteroatoms. The lowest BCUT2D eigenvalue weighted by Crippen LogP contribution is -2.05. The van der Waals surface area contributed by atoms with Gasteiger partial charge in [-0.1, -0.05) is 29.8 Å². The molecule has 0 aliphatic heterocycles. The van der Waals surface area contributed by atoms with Gasteiger partial charge in [0, 0.05) is 16.4 Å². The highest BCUT2D eigenvalue weighted by Crippen LogP contribution is 2.29. The van der Waals surface area contributed by atoms with Crippen LogP contribution in [0.5, 0.6) is 0 Å². The van der Waals surface area contributed by atoms with Crippen molar-refractivity contribution in [2.45, 2.75) is 13.8 Å². The predicted molar refractivity (Wildman–Crippen MR) is 100 cm³/mol. The van der Waals surface area contributed by atoms with Gasteiger partial charge in [0.1, 0.15) is 12.0 Å². The Labute approximate surface area is 145 Å². The number of aryl methyl sites for hydroxylation is 2. The summed E-state index contributed by atoms with van der Waals surface area (Å²) in [6.45, 7) is 3.98. The van der Waals surface area contributed by atoms with Crippen molar-refractivity contribution >= 4 is 40.3 Å². The summed E-state index contributed by atoms with van der Waals surface area (Å²) in [4.78, 5) is 8.44. The van der Waals surface area contributed by atoms with Gasteiger partial charge < -0.3 is 16.4 Å². The van der Waals surface area contributed by atoms with Crippen LogP contribution in [-0.2, 0) is 0 Å². The summed E-state index contributed by atoms with van der Waals surface area (Å²) in [6, 6.07) is 13.7.